The van der Waals surface area contributed by atoms with E-state index in [2.05, 4.69) is 15.2 Å². The number of methoxy groups -OCH3 is 3. The van der Waals surface area contributed by atoms with E-state index in [0.717, 1.165) is 0 Å². The van der Waals surface area contributed by atoms with Crippen molar-refractivity contribution in [2.45, 2.75) is 6.92 Å². The first-order valence-corrected chi connectivity index (χ1v) is 6.70. The summed E-state index contributed by atoms with van der Waals surface area (Å²) in [7, 11) is 4.52. The second kappa shape index (κ2) is 6.82. The number of aryl methyl sites for hydroxylation is 1. The lowest BCUT2D eigenvalue weighted by Gasteiger charge is -2.13. The number of nitrogens with two attached hydrogens (primary N) is 1. The summed E-state index contributed by atoms with van der Waals surface area (Å²) < 4.78 is 15.8. The van der Waals surface area contributed by atoms with Crippen molar-refractivity contribution in [3.63, 3.8) is 0 Å². The van der Waals surface area contributed by atoms with Crippen molar-refractivity contribution in [1.29, 1.82) is 0 Å². The van der Waals surface area contributed by atoms with Gasteiger partial charge in [0.25, 0.3) is 5.56 Å². The van der Waals surface area contributed by atoms with E-state index in [0.29, 0.717) is 28.5 Å². The van der Waals surface area contributed by atoms with Crippen molar-refractivity contribution in [2.75, 3.05) is 21.3 Å². The van der Waals surface area contributed by atoms with Gasteiger partial charge in [-0.05, 0) is 12.5 Å². The third-order valence-electron chi connectivity index (χ3n) is 3.20. The van der Waals surface area contributed by atoms with Crippen LogP contribution < -0.4 is 25.5 Å². The first-order chi connectivity index (χ1) is 11.0. The Bertz CT molecular complexity index is 773. The average Bonchev–Trinajstić information content (AvgIpc) is 2.53. The number of aliphatic imine (C=N–C) groups is 1. The van der Waals surface area contributed by atoms with Gasteiger partial charge in [-0.15, -0.1) is 0 Å². The van der Waals surface area contributed by atoms with Gasteiger partial charge >= 0.3 is 0 Å². The minimum atomic E-state index is -0.404. The predicted molar refractivity (Wildman–Crippen MR) is 86.1 cm³/mol. The van der Waals surface area contributed by atoms with Crippen LogP contribution in [0.2, 0.25) is 0 Å². The zero-order valence-corrected chi connectivity index (χ0v) is 13.3. The molecule has 0 saturated heterocycles. The molecule has 0 atom stereocenters. The van der Waals surface area contributed by atoms with Crippen LogP contribution in [0.4, 0.5) is 5.69 Å². The Morgan fingerprint density at radius 2 is 1.78 bits per heavy atom. The maximum atomic E-state index is 11.9. The molecule has 8 nitrogen and oxygen atoms in total. The van der Waals surface area contributed by atoms with Gasteiger partial charge in [0.05, 0.1) is 38.8 Å². The lowest BCUT2D eigenvalue weighted by molar-refractivity contribution is 0.324. The molecule has 0 spiro atoms. The zero-order valence-electron chi connectivity index (χ0n) is 13.3. The molecule has 0 aliphatic heterocycles. The molecule has 3 N–H and O–H groups in total. The summed E-state index contributed by atoms with van der Waals surface area (Å²) in [6.07, 6.45) is 1.51. The van der Waals surface area contributed by atoms with Crippen molar-refractivity contribution in [3.8, 4) is 17.2 Å². The van der Waals surface area contributed by atoms with E-state index in [-0.39, 0.29) is 11.4 Å². The Labute approximate surface area is 132 Å². The molecule has 0 aliphatic carbocycles. The molecule has 23 heavy (non-hydrogen) atoms. The van der Waals surface area contributed by atoms with Gasteiger partial charge in [-0.25, -0.2) is 10.1 Å². The summed E-state index contributed by atoms with van der Waals surface area (Å²) in [6, 6.07) is 3.28. The molecule has 2 aromatic rings. The van der Waals surface area contributed by atoms with Gasteiger partial charge in [0.1, 0.15) is 5.84 Å². The molecule has 8 heteroatoms. The molecule has 2 rings (SSSR count). The van der Waals surface area contributed by atoms with Crippen molar-refractivity contribution in [3.05, 3.63) is 39.8 Å². The first-order valence-electron chi connectivity index (χ1n) is 6.70. The molecule has 1 heterocycles. The van der Waals surface area contributed by atoms with Crippen LogP contribution in [0.5, 0.6) is 17.2 Å². The maximum Gasteiger partial charge on any atom is 0.275 e. The third kappa shape index (κ3) is 3.25. The number of H-pyrrole nitrogens is 1. The van der Waals surface area contributed by atoms with Crippen LogP contribution in [0.25, 0.3) is 0 Å². The van der Waals surface area contributed by atoms with Crippen LogP contribution in [0.3, 0.4) is 0 Å². The minimum absolute atomic E-state index is 0.0698. The van der Waals surface area contributed by atoms with E-state index >= 15 is 0 Å². The number of amidine groups is 1. The Kier molecular flexibility index (Phi) is 4.85. The summed E-state index contributed by atoms with van der Waals surface area (Å²) >= 11 is 0. The van der Waals surface area contributed by atoms with Crippen LogP contribution in [0, 0.1) is 6.92 Å². The highest BCUT2D eigenvalue weighted by atomic mass is 16.5. The standard InChI is InChI=1S/C15H18N4O4/c1-8-7-17-19-15(20)12(8)14(16)18-9-5-10(21-2)13(23-4)11(6-9)22-3/h5-7H,1-4H3,(H2,16,18)(H,19,20). The second-order valence-corrected chi connectivity index (χ2v) is 4.64. The number of rotatable bonds is 5. The van der Waals surface area contributed by atoms with E-state index in [4.69, 9.17) is 19.9 Å². The zero-order chi connectivity index (χ0) is 17.0. The molecule has 0 aliphatic rings. The highest BCUT2D eigenvalue weighted by Crippen LogP contribution is 2.40. The van der Waals surface area contributed by atoms with Gasteiger partial charge < -0.3 is 19.9 Å². The summed E-state index contributed by atoms with van der Waals surface area (Å²) in [5, 5.41) is 6.04. The van der Waals surface area contributed by atoms with Crippen LogP contribution in [-0.2, 0) is 0 Å². The van der Waals surface area contributed by atoms with Crippen LogP contribution >= 0.6 is 0 Å². The normalized spacial score (nSPS) is 11.2. The molecule has 0 radical (unpaired) electrons. The minimum Gasteiger partial charge on any atom is -0.493 e. The average molecular weight is 318 g/mol. The smallest absolute Gasteiger partial charge is 0.275 e. The van der Waals surface area contributed by atoms with E-state index in [9.17, 15) is 4.79 Å². The molecule has 0 bridgehead atoms. The molecule has 1 aromatic carbocycles. The fourth-order valence-corrected chi connectivity index (χ4v) is 2.13. The monoisotopic (exact) mass is 318 g/mol. The lowest BCUT2D eigenvalue weighted by atomic mass is 10.1. The molecule has 0 fully saturated rings. The van der Waals surface area contributed by atoms with Crippen LogP contribution in [0.1, 0.15) is 11.1 Å². The largest absolute Gasteiger partial charge is 0.493 e. The number of hydrogen-bond acceptors (Lipinski definition) is 6. The summed E-state index contributed by atoms with van der Waals surface area (Å²) in [5.74, 6) is 1.41. The number of hydrogen-bond donors (Lipinski definition) is 2. The molecule has 1 aromatic heterocycles. The summed E-state index contributed by atoms with van der Waals surface area (Å²) in [4.78, 5) is 16.1. The van der Waals surface area contributed by atoms with E-state index in [1.54, 1.807) is 19.1 Å². The number of ether oxygens (including phenoxy) is 3. The van der Waals surface area contributed by atoms with E-state index < -0.39 is 5.56 Å². The Hall–Kier alpha value is -3.03. The van der Waals surface area contributed by atoms with Crippen LogP contribution in [0.15, 0.2) is 28.1 Å². The Morgan fingerprint density at radius 1 is 1.17 bits per heavy atom. The number of aromatic nitrogens is 2. The molecular formula is C15H18N4O4. The third-order valence-corrected chi connectivity index (χ3v) is 3.20. The Balaban J connectivity index is 2.56. The van der Waals surface area contributed by atoms with E-state index in [1.807, 2.05) is 0 Å². The molecule has 122 valence electrons. The summed E-state index contributed by atoms with van der Waals surface area (Å²) in [5.41, 5.74) is 6.93. The second-order valence-electron chi connectivity index (χ2n) is 4.64. The quantitative estimate of drug-likeness (QED) is 0.631. The topological polar surface area (TPSA) is 112 Å². The molecule has 0 saturated carbocycles. The predicted octanol–water partition coefficient (Wildman–Crippen LogP) is 1.14. The van der Waals surface area contributed by atoms with Gasteiger partial charge in [-0.2, -0.15) is 5.10 Å². The van der Waals surface area contributed by atoms with E-state index in [1.165, 1.54) is 27.5 Å². The van der Waals surface area contributed by atoms with Crippen molar-refractivity contribution in [2.24, 2.45) is 10.7 Å². The number of aromatic amines is 1. The van der Waals surface area contributed by atoms with Gasteiger partial charge in [0.15, 0.2) is 11.5 Å². The number of nitrogens with one attached hydrogen (secondary N) is 1. The molecular weight excluding hydrogens is 300 g/mol. The van der Waals surface area contributed by atoms with Crippen molar-refractivity contribution >= 4 is 11.5 Å². The fourth-order valence-electron chi connectivity index (χ4n) is 2.13. The van der Waals surface area contributed by atoms with Gasteiger partial charge in [0, 0.05) is 12.1 Å². The SMILES string of the molecule is COc1cc(N=C(N)c2c(C)cn[nH]c2=O)cc(OC)c1OC. The van der Waals surface area contributed by atoms with Crippen molar-refractivity contribution in [1.82, 2.24) is 10.2 Å². The van der Waals surface area contributed by atoms with Gasteiger partial charge in [0.2, 0.25) is 5.75 Å². The number of nitrogens with zero attached hydrogens (tertiary/aromatic N) is 2. The maximum absolute atomic E-state index is 11.9. The first kappa shape index (κ1) is 16.3. The van der Waals surface area contributed by atoms with Crippen LogP contribution in [-0.4, -0.2) is 37.4 Å². The molecule has 0 unspecified atom stereocenters. The highest BCUT2D eigenvalue weighted by Gasteiger charge is 2.14. The van der Waals surface area contributed by atoms with Gasteiger partial charge in [-0.1, -0.05) is 0 Å². The Morgan fingerprint density at radius 3 is 2.26 bits per heavy atom. The van der Waals surface area contributed by atoms with Crippen molar-refractivity contribution < 1.29 is 14.2 Å². The van der Waals surface area contributed by atoms with Gasteiger partial charge in [-0.3, -0.25) is 4.79 Å². The number of benzene rings is 1. The lowest BCUT2D eigenvalue weighted by Crippen LogP contribution is -2.26. The highest BCUT2D eigenvalue weighted by molar-refractivity contribution is 5.99. The molecule has 0 amide bonds. The fraction of sp³-hybridized carbons (Fsp3) is 0.267. The summed E-state index contributed by atoms with van der Waals surface area (Å²) in [6.45, 7) is 1.73.